The lowest BCUT2D eigenvalue weighted by Crippen LogP contribution is -2.10. The first-order valence-electron chi connectivity index (χ1n) is 4.41. The van der Waals surface area contributed by atoms with E-state index in [2.05, 4.69) is 43.3 Å². The first-order valence-corrected chi connectivity index (χ1v) is 6.94. The normalized spacial score (nSPS) is 11.9. The minimum atomic E-state index is -0.0411. The molecule has 0 aliphatic rings. The molecule has 86 valence electrons. The smallest absolute Gasteiger partial charge is 0.0560 e. The third-order valence-corrected chi connectivity index (χ3v) is 4.79. The highest BCUT2D eigenvalue weighted by Crippen LogP contribution is 2.28. The number of hydrogen-bond acceptors (Lipinski definition) is 2. The Morgan fingerprint density at radius 1 is 1.06 bits per heavy atom. The molecule has 0 spiro atoms. The first kappa shape index (κ1) is 14.2. The quantitative estimate of drug-likeness (QED) is 0.796. The van der Waals surface area contributed by atoms with E-state index in [1.165, 1.54) is 0 Å². The van der Waals surface area contributed by atoms with E-state index in [1.54, 1.807) is 11.3 Å². The van der Waals surface area contributed by atoms with Gasteiger partial charge in [0.25, 0.3) is 0 Å². The van der Waals surface area contributed by atoms with Gasteiger partial charge in [-0.2, -0.15) is 11.3 Å². The van der Waals surface area contributed by atoms with Gasteiger partial charge in [-0.25, -0.2) is 0 Å². The largest absolute Gasteiger partial charge is 0.320 e. The molecule has 0 fully saturated rings. The van der Waals surface area contributed by atoms with Crippen molar-refractivity contribution in [2.24, 2.45) is 5.73 Å². The molecule has 16 heavy (non-hydrogen) atoms. The maximum atomic E-state index is 6.15. The zero-order valence-electron chi connectivity index (χ0n) is 8.19. The average molecular weight is 384 g/mol. The van der Waals surface area contributed by atoms with Crippen molar-refractivity contribution < 1.29 is 0 Å². The zero-order chi connectivity index (χ0) is 10.8. The topological polar surface area (TPSA) is 26.0 Å². The molecule has 0 saturated heterocycles. The van der Waals surface area contributed by atoms with E-state index in [0.29, 0.717) is 0 Å². The lowest BCUT2D eigenvalue weighted by molar-refractivity contribution is 0.875. The van der Waals surface area contributed by atoms with Crippen LogP contribution in [0, 0.1) is 0 Å². The van der Waals surface area contributed by atoms with Crippen molar-refractivity contribution in [3.8, 4) is 0 Å². The Balaban J connectivity index is 0.00000128. The standard InChI is InChI=1S/C11H9Br2NS.ClH/c12-9-2-1-7(5-10(9)13)11(14)8-3-4-15-6-8;/h1-6,11H,14H2;1H/t11-;/m0./s1. The van der Waals surface area contributed by atoms with Crippen LogP contribution in [0.4, 0.5) is 0 Å². The fourth-order valence-electron chi connectivity index (χ4n) is 1.35. The summed E-state index contributed by atoms with van der Waals surface area (Å²) in [5.41, 5.74) is 8.43. The summed E-state index contributed by atoms with van der Waals surface area (Å²) in [6.07, 6.45) is 0. The van der Waals surface area contributed by atoms with Crippen LogP contribution in [0.1, 0.15) is 17.2 Å². The molecule has 0 aliphatic heterocycles. The molecular formula is C11H10Br2ClNS. The van der Waals surface area contributed by atoms with Crippen LogP contribution in [0.3, 0.4) is 0 Å². The fraction of sp³-hybridized carbons (Fsp3) is 0.0909. The van der Waals surface area contributed by atoms with Crippen LogP contribution < -0.4 is 5.73 Å². The summed E-state index contributed by atoms with van der Waals surface area (Å²) in [6, 6.07) is 8.11. The Bertz CT molecular complexity index is 459. The van der Waals surface area contributed by atoms with E-state index in [-0.39, 0.29) is 18.4 Å². The van der Waals surface area contributed by atoms with E-state index in [9.17, 15) is 0 Å². The summed E-state index contributed by atoms with van der Waals surface area (Å²) < 4.78 is 2.08. The van der Waals surface area contributed by atoms with Crippen LogP contribution in [0.2, 0.25) is 0 Å². The second kappa shape index (κ2) is 6.17. The summed E-state index contributed by atoms with van der Waals surface area (Å²) in [6.45, 7) is 0. The number of halogens is 3. The van der Waals surface area contributed by atoms with Crippen molar-refractivity contribution in [2.45, 2.75) is 6.04 Å². The van der Waals surface area contributed by atoms with Crippen LogP contribution in [0.25, 0.3) is 0 Å². The van der Waals surface area contributed by atoms with Gasteiger partial charge < -0.3 is 5.73 Å². The Morgan fingerprint density at radius 2 is 1.81 bits per heavy atom. The van der Waals surface area contributed by atoms with E-state index in [0.717, 1.165) is 20.1 Å². The minimum Gasteiger partial charge on any atom is -0.320 e. The number of benzene rings is 1. The molecule has 1 nitrogen and oxygen atoms in total. The first-order chi connectivity index (χ1) is 7.18. The number of nitrogens with two attached hydrogens (primary N) is 1. The molecule has 1 aromatic heterocycles. The fourth-order valence-corrected chi connectivity index (χ4v) is 2.69. The molecule has 0 saturated carbocycles. The molecule has 2 rings (SSSR count). The minimum absolute atomic E-state index is 0. The van der Waals surface area contributed by atoms with E-state index in [4.69, 9.17) is 5.73 Å². The maximum absolute atomic E-state index is 6.15. The molecule has 0 amide bonds. The highest BCUT2D eigenvalue weighted by molar-refractivity contribution is 9.13. The molecule has 1 atom stereocenters. The maximum Gasteiger partial charge on any atom is 0.0560 e. The van der Waals surface area contributed by atoms with Gasteiger partial charge in [0.15, 0.2) is 0 Å². The number of thiophene rings is 1. The molecule has 2 aromatic rings. The lowest BCUT2D eigenvalue weighted by Gasteiger charge is -2.11. The van der Waals surface area contributed by atoms with Gasteiger partial charge in [-0.1, -0.05) is 6.07 Å². The van der Waals surface area contributed by atoms with Crippen LogP contribution in [-0.2, 0) is 0 Å². The molecule has 2 N–H and O–H groups in total. The molecule has 1 heterocycles. The third kappa shape index (κ3) is 3.08. The molecule has 0 unspecified atom stereocenters. The predicted molar refractivity (Wildman–Crippen MR) is 79.4 cm³/mol. The SMILES string of the molecule is Cl.N[C@H](c1ccsc1)c1ccc(Br)c(Br)c1. The van der Waals surface area contributed by atoms with Gasteiger partial charge in [-0.3, -0.25) is 0 Å². The summed E-state index contributed by atoms with van der Waals surface area (Å²) in [5, 5.41) is 4.13. The summed E-state index contributed by atoms with van der Waals surface area (Å²) in [7, 11) is 0. The summed E-state index contributed by atoms with van der Waals surface area (Å²) in [5.74, 6) is 0. The molecule has 5 heteroatoms. The van der Waals surface area contributed by atoms with Crippen LogP contribution >= 0.6 is 55.6 Å². The van der Waals surface area contributed by atoms with E-state index < -0.39 is 0 Å². The lowest BCUT2D eigenvalue weighted by atomic mass is 10.0. The second-order valence-corrected chi connectivity index (χ2v) is 5.70. The van der Waals surface area contributed by atoms with Crippen molar-refractivity contribution in [2.75, 3.05) is 0 Å². The monoisotopic (exact) mass is 381 g/mol. The Hall–Kier alpha value is 0.130. The Morgan fingerprint density at radius 3 is 2.38 bits per heavy atom. The van der Waals surface area contributed by atoms with Gasteiger partial charge in [-0.05, 0) is 71.9 Å². The molecule has 0 bridgehead atoms. The average Bonchev–Trinajstić information content (AvgIpc) is 2.74. The Labute approximate surface area is 122 Å². The molecular weight excluding hydrogens is 373 g/mol. The highest BCUT2D eigenvalue weighted by atomic mass is 79.9. The van der Waals surface area contributed by atoms with Gasteiger partial charge in [0.2, 0.25) is 0 Å². The van der Waals surface area contributed by atoms with Crippen molar-refractivity contribution in [1.29, 1.82) is 0 Å². The van der Waals surface area contributed by atoms with Crippen molar-refractivity contribution in [1.82, 2.24) is 0 Å². The Kier molecular flexibility index (Phi) is 5.47. The van der Waals surface area contributed by atoms with Gasteiger partial charge in [0.1, 0.15) is 0 Å². The van der Waals surface area contributed by atoms with Crippen molar-refractivity contribution in [3.63, 3.8) is 0 Å². The summed E-state index contributed by atoms with van der Waals surface area (Å²) in [4.78, 5) is 0. The van der Waals surface area contributed by atoms with E-state index in [1.807, 2.05) is 23.6 Å². The molecule has 0 radical (unpaired) electrons. The highest BCUT2D eigenvalue weighted by Gasteiger charge is 2.10. The number of rotatable bonds is 2. The summed E-state index contributed by atoms with van der Waals surface area (Å²) >= 11 is 8.59. The van der Waals surface area contributed by atoms with Gasteiger partial charge in [0, 0.05) is 8.95 Å². The van der Waals surface area contributed by atoms with Gasteiger partial charge in [0.05, 0.1) is 6.04 Å². The van der Waals surface area contributed by atoms with Crippen molar-refractivity contribution in [3.05, 3.63) is 55.1 Å². The zero-order valence-corrected chi connectivity index (χ0v) is 13.0. The predicted octanol–water partition coefficient (Wildman–Crippen LogP) is 4.74. The van der Waals surface area contributed by atoms with Crippen LogP contribution in [0.5, 0.6) is 0 Å². The number of hydrogen-bond donors (Lipinski definition) is 1. The molecule has 0 aliphatic carbocycles. The van der Waals surface area contributed by atoms with E-state index >= 15 is 0 Å². The molecule has 1 aromatic carbocycles. The van der Waals surface area contributed by atoms with Gasteiger partial charge in [-0.15, -0.1) is 12.4 Å². The van der Waals surface area contributed by atoms with Crippen molar-refractivity contribution >= 4 is 55.6 Å². The third-order valence-electron chi connectivity index (χ3n) is 2.21. The second-order valence-electron chi connectivity index (χ2n) is 3.21. The van der Waals surface area contributed by atoms with Gasteiger partial charge >= 0.3 is 0 Å². The van der Waals surface area contributed by atoms with Crippen LogP contribution in [0.15, 0.2) is 44.0 Å². The van der Waals surface area contributed by atoms with Crippen LogP contribution in [-0.4, -0.2) is 0 Å².